The molecule has 0 saturated heterocycles. The van der Waals surface area contributed by atoms with Crippen LogP contribution in [0.1, 0.15) is 6.92 Å². The lowest BCUT2D eigenvalue weighted by Crippen LogP contribution is -2.32. The predicted octanol–water partition coefficient (Wildman–Crippen LogP) is 0.548. The molecule has 1 aromatic heterocycles. The number of carbonyl (C=O) groups excluding carboxylic acids is 1. The van der Waals surface area contributed by atoms with Crippen molar-refractivity contribution in [3.05, 3.63) is 12.0 Å². The van der Waals surface area contributed by atoms with E-state index in [1.54, 1.807) is 14.1 Å². The molecule has 0 spiro atoms. The highest BCUT2D eigenvalue weighted by Gasteiger charge is 2.10. The van der Waals surface area contributed by atoms with Gasteiger partial charge in [0.25, 0.3) is 0 Å². The van der Waals surface area contributed by atoms with E-state index < -0.39 is 5.82 Å². The number of rotatable bonds is 5. The van der Waals surface area contributed by atoms with Crippen LogP contribution < -0.4 is 10.6 Å². The summed E-state index contributed by atoms with van der Waals surface area (Å²) in [4.78, 5) is 20.6. The second-order valence-corrected chi connectivity index (χ2v) is 3.40. The van der Waals surface area contributed by atoms with E-state index in [1.807, 2.05) is 6.92 Å². The molecule has 0 aliphatic carbocycles. The van der Waals surface area contributed by atoms with Crippen LogP contribution in [0.2, 0.25) is 0 Å². The van der Waals surface area contributed by atoms with E-state index in [1.165, 1.54) is 4.90 Å². The summed E-state index contributed by atoms with van der Waals surface area (Å²) in [6.07, 6.45) is 1.05. The van der Waals surface area contributed by atoms with E-state index in [4.69, 9.17) is 0 Å². The number of carbonyl (C=O) groups is 1. The molecule has 2 N–H and O–H groups in total. The van der Waals surface area contributed by atoms with Crippen LogP contribution in [0.3, 0.4) is 0 Å². The first kappa shape index (κ1) is 13.1. The number of aromatic nitrogens is 2. The van der Waals surface area contributed by atoms with Gasteiger partial charge in [0, 0.05) is 20.6 Å². The van der Waals surface area contributed by atoms with Crippen molar-refractivity contribution in [1.29, 1.82) is 0 Å². The molecule has 0 fully saturated rings. The van der Waals surface area contributed by atoms with Gasteiger partial charge in [0.1, 0.15) is 0 Å². The van der Waals surface area contributed by atoms with Crippen LogP contribution in [0.5, 0.6) is 0 Å². The van der Waals surface area contributed by atoms with E-state index >= 15 is 0 Å². The molecule has 0 radical (unpaired) electrons. The van der Waals surface area contributed by atoms with Crippen LogP contribution in [-0.4, -0.2) is 48.0 Å². The predicted molar refractivity (Wildman–Crippen MR) is 63.3 cm³/mol. The molecule has 1 amide bonds. The highest BCUT2D eigenvalue weighted by Crippen LogP contribution is 2.10. The zero-order chi connectivity index (χ0) is 12.8. The number of nitrogens with zero attached hydrogens (tertiary/aromatic N) is 3. The molecule has 0 aliphatic heterocycles. The largest absolute Gasteiger partial charge is 0.358 e. The fraction of sp³-hybridized carbons (Fsp3) is 0.500. The topological polar surface area (TPSA) is 70.2 Å². The van der Waals surface area contributed by atoms with Gasteiger partial charge in [-0.1, -0.05) is 0 Å². The summed E-state index contributed by atoms with van der Waals surface area (Å²) in [6, 6.07) is 0. The SMILES string of the molecule is CCN(C)C(=O)CNc1nc(NC)ncc1F. The minimum absolute atomic E-state index is 0.00142. The van der Waals surface area contributed by atoms with Gasteiger partial charge in [0.05, 0.1) is 12.7 Å². The van der Waals surface area contributed by atoms with E-state index in [0.29, 0.717) is 12.5 Å². The number of halogens is 1. The fourth-order valence-electron chi connectivity index (χ4n) is 1.08. The molecule has 0 saturated carbocycles. The summed E-state index contributed by atoms with van der Waals surface area (Å²) >= 11 is 0. The normalized spacial score (nSPS) is 9.88. The van der Waals surface area contributed by atoms with Crippen LogP contribution in [-0.2, 0) is 4.79 Å². The van der Waals surface area contributed by atoms with Crippen molar-refractivity contribution >= 4 is 17.7 Å². The average Bonchev–Trinajstić information content (AvgIpc) is 2.36. The lowest BCUT2D eigenvalue weighted by molar-refractivity contribution is -0.127. The van der Waals surface area contributed by atoms with Crippen molar-refractivity contribution in [2.75, 3.05) is 37.8 Å². The van der Waals surface area contributed by atoms with E-state index in [9.17, 15) is 9.18 Å². The molecular weight excluding hydrogens is 225 g/mol. The van der Waals surface area contributed by atoms with Crippen LogP contribution >= 0.6 is 0 Å². The molecule has 94 valence electrons. The molecular formula is C10H16FN5O. The van der Waals surface area contributed by atoms with E-state index in [2.05, 4.69) is 20.6 Å². The Morgan fingerprint density at radius 2 is 2.29 bits per heavy atom. The molecule has 1 rings (SSSR count). The molecule has 6 nitrogen and oxygen atoms in total. The third kappa shape index (κ3) is 3.54. The number of hydrogen-bond acceptors (Lipinski definition) is 5. The lowest BCUT2D eigenvalue weighted by Gasteiger charge is -2.15. The maximum absolute atomic E-state index is 13.3. The minimum atomic E-state index is -0.587. The van der Waals surface area contributed by atoms with Crippen molar-refractivity contribution in [2.24, 2.45) is 0 Å². The van der Waals surface area contributed by atoms with Crippen molar-refractivity contribution in [1.82, 2.24) is 14.9 Å². The maximum atomic E-state index is 13.3. The molecule has 0 atom stereocenters. The smallest absolute Gasteiger partial charge is 0.241 e. The summed E-state index contributed by atoms with van der Waals surface area (Å²) in [6.45, 7) is 2.47. The number of amides is 1. The Labute approximate surface area is 99.2 Å². The third-order valence-corrected chi connectivity index (χ3v) is 2.27. The second-order valence-electron chi connectivity index (χ2n) is 3.40. The molecule has 0 unspecified atom stereocenters. The number of anilines is 2. The van der Waals surface area contributed by atoms with Crippen molar-refractivity contribution in [3.63, 3.8) is 0 Å². The number of hydrogen-bond donors (Lipinski definition) is 2. The first-order chi connectivity index (χ1) is 8.08. The van der Waals surface area contributed by atoms with Gasteiger partial charge >= 0.3 is 0 Å². The summed E-state index contributed by atoms with van der Waals surface area (Å²) < 4.78 is 13.3. The summed E-state index contributed by atoms with van der Waals surface area (Å²) in [7, 11) is 3.31. The zero-order valence-corrected chi connectivity index (χ0v) is 10.1. The molecule has 17 heavy (non-hydrogen) atoms. The standard InChI is InChI=1S/C10H16FN5O/c1-4-16(3)8(17)6-13-9-7(11)5-14-10(12-2)15-9/h5H,4,6H2,1-3H3,(H2,12,13,14,15). The average molecular weight is 241 g/mol. The highest BCUT2D eigenvalue weighted by atomic mass is 19.1. The number of nitrogens with one attached hydrogen (secondary N) is 2. The Balaban J connectivity index is 2.65. The molecule has 1 aromatic rings. The minimum Gasteiger partial charge on any atom is -0.358 e. The van der Waals surface area contributed by atoms with Gasteiger partial charge < -0.3 is 15.5 Å². The van der Waals surface area contributed by atoms with Crippen LogP contribution in [0.15, 0.2) is 6.20 Å². The first-order valence-corrected chi connectivity index (χ1v) is 5.26. The molecule has 0 aromatic carbocycles. The monoisotopic (exact) mass is 241 g/mol. The van der Waals surface area contributed by atoms with Gasteiger partial charge in [0.2, 0.25) is 11.9 Å². The van der Waals surface area contributed by atoms with Crippen molar-refractivity contribution < 1.29 is 9.18 Å². The molecule has 0 bridgehead atoms. The van der Waals surface area contributed by atoms with Crippen LogP contribution in [0.4, 0.5) is 16.2 Å². The zero-order valence-electron chi connectivity index (χ0n) is 10.1. The molecule has 7 heteroatoms. The lowest BCUT2D eigenvalue weighted by atomic mass is 10.4. The van der Waals surface area contributed by atoms with Crippen molar-refractivity contribution in [3.8, 4) is 0 Å². The third-order valence-electron chi connectivity index (χ3n) is 2.27. The van der Waals surface area contributed by atoms with Gasteiger partial charge in [0.15, 0.2) is 11.6 Å². The quantitative estimate of drug-likeness (QED) is 0.787. The Morgan fingerprint density at radius 3 is 2.88 bits per heavy atom. The summed E-state index contributed by atoms with van der Waals surface area (Å²) in [5.41, 5.74) is 0. The van der Waals surface area contributed by atoms with Gasteiger partial charge in [-0.2, -0.15) is 4.98 Å². The van der Waals surface area contributed by atoms with Crippen molar-refractivity contribution in [2.45, 2.75) is 6.92 Å². The highest BCUT2D eigenvalue weighted by molar-refractivity contribution is 5.80. The van der Waals surface area contributed by atoms with Gasteiger partial charge in [-0.05, 0) is 6.92 Å². The fourth-order valence-corrected chi connectivity index (χ4v) is 1.08. The van der Waals surface area contributed by atoms with Gasteiger partial charge in [-0.3, -0.25) is 4.79 Å². The Morgan fingerprint density at radius 1 is 1.59 bits per heavy atom. The van der Waals surface area contributed by atoms with E-state index in [-0.39, 0.29) is 18.3 Å². The van der Waals surface area contributed by atoms with E-state index in [0.717, 1.165) is 6.20 Å². The summed E-state index contributed by atoms with van der Waals surface area (Å²) in [5, 5.41) is 5.34. The molecule has 1 heterocycles. The summed E-state index contributed by atoms with van der Waals surface area (Å²) in [5.74, 6) is -0.403. The maximum Gasteiger partial charge on any atom is 0.241 e. The molecule has 0 aliphatic rings. The van der Waals surface area contributed by atoms with Crippen LogP contribution in [0.25, 0.3) is 0 Å². The Hall–Kier alpha value is -1.92. The first-order valence-electron chi connectivity index (χ1n) is 5.26. The number of likely N-dealkylation sites (N-methyl/N-ethyl adjacent to an activating group) is 1. The second kappa shape index (κ2) is 5.97. The Bertz CT molecular complexity index is 398. The Kier molecular flexibility index (Phi) is 4.62. The van der Waals surface area contributed by atoms with Gasteiger partial charge in [-0.15, -0.1) is 0 Å². The van der Waals surface area contributed by atoms with Gasteiger partial charge in [-0.25, -0.2) is 9.37 Å². The van der Waals surface area contributed by atoms with Crippen LogP contribution in [0, 0.1) is 5.82 Å².